The molecule has 35 heavy (non-hydrogen) atoms. The molecule has 1 aliphatic carbocycles. The summed E-state index contributed by atoms with van der Waals surface area (Å²) in [5.74, 6) is -2.43. The molecule has 10 nitrogen and oxygen atoms in total. The van der Waals surface area contributed by atoms with Gasteiger partial charge in [0.2, 0.25) is 0 Å². The van der Waals surface area contributed by atoms with Crippen LogP contribution in [0.1, 0.15) is 37.8 Å². The van der Waals surface area contributed by atoms with Crippen molar-refractivity contribution in [2.75, 3.05) is 19.8 Å². The summed E-state index contributed by atoms with van der Waals surface area (Å²) in [7, 11) is 0. The molecule has 0 spiro atoms. The number of nitrogens with one attached hydrogen (secondary N) is 2. The molecule has 3 rings (SSSR count). The maximum atomic E-state index is 12.1. The van der Waals surface area contributed by atoms with Gasteiger partial charge in [-0.2, -0.15) is 0 Å². The van der Waals surface area contributed by atoms with E-state index in [0.29, 0.717) is 0 Å². The lowest BCUT2D eigenvalue weighted by atomic mass is 9.98. The van der Waals surface area contributed by atoms with Crippen LogP contribution in [0.2, 0.25) is 0 Å². The molecule has 3 N–H and O–H groups in total. The van der Waals surface area contributed by atoms with Crippen LogP contribution in [0.25, 0.3) is 11.1 Å². The van der Waals surface area contributed by atoms with E-state index in [1.165, 1.54) is 0 Å². The fourth-order valence-corrected chi connectivity index (χ4v) is 3.65. The minimum atomic E-state index is -1.51. The lowest BCUT2D eigenvalue weighted by Crippen LogP contribution is -2.46. The molecule has 0 aromatic heterocycles. The van der Waals surface area contributed by atoms with Crippen LogP contribution in [-0.2, 0) is 23.8 Å². The summed E-state index contributed by atoms with van der Waals surface area (Å²) < 4.78 is 15.2. The number of fused-ring (bicyclic) bond motifs is 3. The highest BCUT2D eigenvalue weighted by Crippen LogP contribution is 2.44. The Bertz CT molecular complexity index is 1060. The molecule has 1 atom stereocenters. The Morgan fingerprint density at radius 1 is 0.914 bits per heavy atom. The van der Waals surface area contributed by atoms with E-state index >= 15 is 0 Å². The lowest BCUT2D eigenvalue weighted by molar-refractivity contribution is -0.148. The molecule has 2 aromatic carbocycles. The normalized spacial score (nSPS) is 13.1. The quantitative estimate of drug-likeness (QED) is 0.384. The van der Waals surface area contributed by atoms with E-state index in [2.05, 4.69) is 10.6 Å². The Hall–Kier alpha value is -4.08. The number of carbonyl (C=O) groups is 4. The third kappa shape index (κ3) is 6.95. The standard InChI is InChI=1S/C25H28N2O8/c1-25(2,3)35-24(32)27-20(22(29)30)14-33-21(28)12-26-23(31)34-13-19-17-10-6-4-8-15(17)16-9-5-7-11-18(16)19/h4-11,19-20H,12-14H2,1-3H3,(H,26,31)(H,27,32)(H,29,30). The number of hydrogen-bond donors (Lipinski definition) is 3. The van der Waals surface area contributed by atoms with Crippen LogP contribution in [-0.4, -0.2) is 60.6 Å². The number of carboxylic acid groups (broad SMARTS) is 1. The topological polar surface area (TPSA) is 140 Å². The highest BCUT2D eigenvalue weighted by Gasteiger charge is 2.29. The van der Waals surface area contributed by atoms with E-state index < -0.39 is 48.9 Å². The molecule has 0 saturated heterocycles. The van der Waals surface area contributed by atoms with Gasteiger partial charge in [-0.1, -0.05) is 48.5 Å². The third-order valence-corrected chi connectivity index (χ3v) is 5.12. The fourth-order valence-electron chi connectivity index (χ4n) is 3.65. The Kier molecular flexibility index (Phi) is 7.95. The summed E-state index contributed by atoms with van der Waals surface area (Å²) in [6.07, 6.45) is -1.77. The van der Waals surface area contributed by atoms with Crippen molar-refractivity contribution < 1.29 is 38.5 Å². The molecule has 0 saturated carbocycles. The van der Waals surface area contributed by atoms with E-state index in [9.17, 15) is 24.3 Å². The zero-order valence-corrected chi connectivity index (χ0v) is 19.7. The molecule has 0 aliphatic heterocycles. The summed E-state index contributed by atoms with van der Waals surface area (Å²) >= 11 is 0. The van der Waals surface area contributed by atoms with Crippen LogP contribution >= 0.6 is 0 Å². The van der Waals surface area contributed by atoms with E-state index in [0.717, 1.165) is 22.3 Å². The number of carboxylic acids is 1. The van der Waals surface area contributed by atoms with Crippen molar-refractivity contribution in [2.45, 2.75) is 38.3 Å². The smallest absolute Gasteiger partial charge is 0.408 e. The van der Waals surface area contributed by atoms with Crippen LogP contribution in [0, 0.1) is 0 Å². The zero-order chi connectivity index (χ0) is 25.6. The lowest BCUT2D eigenvalue weighted by Gasteiger charge is -2.21. The van der Waals surface area contributed by atoms with Gasteiger partial charge >= 0.3 is 24.1 Å². The summed E-state index contributed by atoms with van der Waals surface area (Å²) in [5, 5.41) is 13.6. The fraction of sp³-hybridized carbons (Fsp3) is 0.360. The van der Waals surface area contributed by atoms with Gasteiger partial charge in [0.05, 0.1) is 0 Å². The van der Waals surface area contributed by atoms with Gasteiger partial charge in [-0.15, -0.1) is 0 Å². The van der Waals surface area contributed by atoms with Crippen molar-refractivity contribution in [3.63, 3.8) is 0 Å². The number of hydrogen-bond acceptors (Lipinski definition) is 7. The molecule has 186 valence electrons. The van der Waals surface area contributed by atoms with Gasteiger partial charge in [0.15, 0.2) is 6.04 Å². The predicted molar refractivity (Wildman–Crippen MR) is 125 cm³/mol. The maximum absolute atomic E-state index is 12.1. The SMILES string of the molecule is CC(C)(C)OC(=O)NC(COC(=O)CNC(=O)OCC1c2ccccc2-c2ccccc21)C(=O)O. The minimum Gasteiger partial charge on any atom is -0.480 e. The predicted octanol–water partition coefficient (Wildman–Crippen LogP) is 3.05. The van der Waals surface area contributed by atoms with E-state index in [1.54, 1.807) is 20.8 Å². The molecular formula is C25H28N2O8. The van der Waals surface area contributed by atoms with Crippen LogP contribution in [0.15, 0.2) is 48.5 Å². The molecule has 2 amide bonds. The Morgan fingerprint density at radius 3 is 2.03 bits per heavy atom. The first kappa shape index (κ1) is 25.5. The first-order chi connectivity index (χ1) is 16.5. The average molecular weight is 485 g/mol. The minimum absolute atomic E-state index is 0.0792. The van der Waals surface area contributed by atoms with Crippen molar-refractivity contribution in [1.29, 1.82) is 0 Å². The van der Waals surface area contributed by atoms with Gasteiger partial charge in [0, 0.05) is 5.92 Å². The van der Waals surface area contributed by atoms with Crippen molar-refractivity contribution in [3.05, 3.63) is 59.7 Å². The molecule has 0 radical (unpaired) electrons. The molecule has 0 bridgehead atoms. The summed E-state index contributed by atoms with van der Waals surface area (Å²) in [6, 6.07) is 14.3. The highest BCUT2D eigenvalue weighted by atomic mass is 16.6. The van der Waals surface area contributed by atoms with Crippen molar-refractivity contribution in [2.24, 2.45) is 0 Å². The van der Waals surface area contributed by atoms with E-state index in [-0.39, 0.29) is 12.5 Å². The Balaban J connectivity index is 1.45. The van der Waals surface area contributed by atoms with Crippen molar-refractivity contribution in [1.82, 2.24) is 10.6 Å². The molecule has 0 fully saturated rings. The van der Waals surface area contributed by atoms with Crippen LogP contribution < -0.4 is 10.6 Å². The molecule has 1 aliphatic rings. The molecule has 2 aromatic rings. The summed E-state index contributed by atoms with van der Waals surface area (Å²) in [4.78, 5) is 47.2. The van der Waals surface area contributed by atoms with Gasteiger partial charge in [0.1, 0.15) is 25.4 Å². The van der Waals surface area contributed by atoms with Crippen LogP contribution in [0.4, 0.5) is 9.59 Å². The van der Waals surface area contributed by atoms with Crippen molar-refractivity contribution in [3.8, 4) is 11.1 Å². The Morgan fingerprint density at radius 2 is 1.49 bits per heavy atom. The molecular weight excluding hydrogens is 456 g/mol. The monoisotopic (exact) mass is 484 g/mol. The van der Waals surface area contributed by atoms with E-state index in [4.69, 9.17) is 14.2 Å². The Labute approximate surface area is 202 Å². The molecule has 0 heterocycles. The van der Waals surface area contributed by atoms with Gasteiger partial charge in [-0.25, -0.2) is 14.4 Å². The summed E-state index contributed by atoms with van der Waals surface area (Å²) in [6.45, 7) is 3.77. The van der Waals surface area contributed by atoms with Gasteiger partial charge in [-0.3, -0.25) is 4.79 Å². The van der Waals surface area contributed by atoms with Gasteiger partial charge < -0.3 is 30.0 Å². The number of esters is 1. The van der Waals surface area contributed by atoms with Gasteiger partial charge in [-0.05, 0) is 43.0 Å². The number of ether oxygens (including phenoxy) is 3. The second-order valence-electron chi connectivity index (χ2n) is 8.90. The highest BCUT2D eigenvalue weighted by molar-refractivity contribution is 5.82. The molecule has 1 unspecified atom stereocenters. The second-order valence-corrected chi connectivity index (χ2v) is 8.90. The zero-order valence-electron chi connectivity index (χ0n) is 19.7. The molecule has 10 heteroatoms. The summed E-state index contributed by atoms with van der Waals surface area (Å²) in [5.41, 5.74) is 3.47. The number of alkyl carbamates (subject to hydrolysis) is 2. The van der Waals surface area contributed by atoms with E-state index in [1.807, 2.05) is 48.5 Å². The number of carbonyl (C=O) groups excluding carboxylic acids is 3. The maximum Gasteiger partial charge on any atom is 0.408 e. The largest absolute Gasteiger partial charge is 0.480 e. The first-order valence-electron chi connectivity index (χ1n) is 11.0. The number of benzene rings is 2. The van der Waals surface area contributed by atoms with Crippen LogP contribution in [0.5, 0.6) is 0 Å². The second kappa shape index (κ2) is 10.9. The number of amides is 2. The van der Waals surface area contributed by atoms with Gasteiger partial charge in [0.25, 0.3) is 0 Å². The number of aliphatic carboxylic acids is 1. The first-order valence-corrected chi connectivity index (χ1v) is 11.0. The van der Waals surface area contributed by atoms with Crippen molar-refractivity contribution >= 4 is 24.1 Å². The van der Waals surface area contributed by atoms with Crippen LogP contribution in [0.3, 0.4) is 0 Å². The number of rotatable bonds is 8. The average Bonchev–Trinajstić information content (AvgIpc) is 3.11. The third-order valence-electron chi connectivity index (χ3n) is 5.12.